The molecule has 72 valence electrons. The summed E-state index contributed by atoms with van der Waals surface area (Å²) in [7, 11) is 2.13. The lowest BCUT2D eigenvalue weighted by Gasteiger charge is -2.25. The quantitative estimate of drug-likeness (QED) is 0.532. The van der Waals surface area contributed by atoms with Crippen LogP contribution in [-0.4, -0.2) is 29.6 Å². The van der Waals surface area contributed by atoms with Gasteiger partial charge in [-0.1, -0.05) is 6.08 Å². The first-order valence-corrected chi connectivity index (χ1v) is 5.44. The van der Waals surface area contributed by atoms with Crippen molar-refractivity contribution in [3.63, 3.8) is 0 Å². The van der Waals surface area contributed by atoms with Crippen LogP contribution in [0.5, 0.6) is 0 Å². The monoisotopic (exact) mass is 217 g/mol. The predicted molar refractivity (Wildman–Crippen MR) is 56.7 cm³/mol. The Morgan fingerprint density at radius 3 is 3.08 bits per heavy atom. The minimum atomic E-state index is 0.983. The van der Waals surface area contributed by atoms with E-state index in [9.17, 15) is 0 Å². The molecule has 0 saturated heterocycles. The second-order valence-electron chi connectivity index (χ2n) is 3.25. The van der Waals surface area contributed by atoms with Crippen LogP contribution >= 0.6 is 23.7 Å². The van der Waals surface area contributed by atoms with E-state index in [0.717, 1.165) is 25.2 Å². The highest BCUT2D eigenvalue weighted by Crippen LogP contribution is 2.27. The van der Waals surface area contributed by atoms with Gasteiger partial charge in [-0.3, -0.25) is 0 Å². The number of rotatable bonds is 1. The van der Waals surface area contributed by atoms with Crippen molar-refractivity contribution in [3.8, 4) is 0 Å². The summed E-state index contributed by atoms with van der Waals surface area (Å²) in [5.74, 6) is 0. The lowest BCUT2D eigenvalue weighted by molar-refractivity contribution is 0.351. The summed E-state index contributed by atoms with van der Waals surface area (Å²) >= 11 is 7.44. The lowest BCUT2D eigenvalue weighted by Crippen LogP contribution is -2.29. The first kappa shape index (κ1) is 9.40. The van der Waals surface area contributed by atoms with Crippen molar-refractivity contribution in [2.45, 2.75) is 6.42 Å². The minimum absolute atomic E-state index is 0.983. The van der Waals surface area contributed by atoms with Gasteiger partial charge in [0.15, 0.2) is 0 Å². The SMILES string of the molecule is CN1CCC=C(C2=CSNN2Cl)C1. The molecule has 2 aliphatic rings. The molecule has 0 aromatic heterocycles. The van der Waals surface area contributed by atoms with Gasteiger partial charge in [-0.25, -0.2) is 4.53 Å². The maximum atomic E-state index is 5.93. The molecule has 13 heavy (non-hydrogen) atoms. The van der Waals surface area contributed by atoms with E-state index in [0.29, 0.717) is 0 Å². The zero-order valence-corrected chi connectivity index (χ0v) is 9.03. The molecule has 0 unspecified atom stereocenters. The molecule has 0 aromatic carbocycles. The summed E-state index contributed by atoms with van der Waals surface area (Å²) in [6, 6.07) is 0. The summed E-state index contributed by atoms with van der Waals surface area (Å²) in [4.78, 5) is 5.24. The number of hydrogen-bond donors (Lipinski definition) is 1. The molecule has 0 spiro atoms. The highest BCUT2D eigenvalue weighted by molar-refractivity contribution is 8.00. The van der Waals surface area contributed by atoms with Gasteiger partial charge in [-0.05, 0) is 31.0 Å². The van der Waals surface area contributed by atoms with Crippen LogP contribution in [0.2, 0.25) is 0 Å². The summed E-state index contributed by atoms with van der Waals surface area (Å²) < 4.78 is 1.55. The van der Waals surface area contributed by atoms with Gasteiger partial charge in [-0.2, -0.15) is 4.83 Å². The smallest absolute Gasteiger partial charge is 0.0834 e. The summed E-state index contributed by atoms with van der Waals surface area (Å²) in [5.41, 5.74) is 2.39. The number of halogens is 1. The molecule has 2 heterocycles. The van der Waals surface area contributed by atoms with E-state index in [4.69, 9.17) is 11.8 Å². The average molecular weight is 218 g/mol. The fourth-order valence-corrected chi connectivity index (χ4v) is 2.45. The van der Waals surface area contributed by atoms with Crippen LogP contribution in [0.1, 0.15) is 6.42 Å². The topological polar surface area (TPSA) is 18.5 Å². The van der Waals surface area contributed by atoms with E-state index in [2.05, 4.69) is 22.9 Å². The zero-order chi connectivity index (χ0) is 9.26. The molecule has 0 amide bonds. The van der Waals surface area contributed by atoms with Crippen LogP contribution < -0.4 is 4.83 Å². The fourth-order valence-electron chi connectivity index (χ4n) is 1.50. The van der Waals surface area contributed by atoms with Crippen molar-refractivity contribution in [2.24, 2.45) is 0 Å². The molecular formula is C8H12ClN3S. The van der Waals surface area contributed by atoms with E-state index >= 15 is 0 Å². The van der Waals surface area contributed by atoms with E-state index in [-0.39, 0.29) is 0 Å². The molecule has 5 heteroatoms. The van der Waals surface area contributed by atoms with Crippen molar-refractivity contribution < 1.29 is 0 Å². The third-order valence-electron chi connectivity index (χ3n) is 2.19. The van der Waals surface area contributed by atoms with E-state index in [1.54, 1.807) is 4.53 Å². The van der Waals surface area contributed by atoms with Crippen LogP contribution in [0, 0.1) is 0 Å². The second-order valence-corrected chi connectivity index (χ2v) is 4.24. The fraction of sp³-hybridized carbons (Fsp3) is 0.500. The third-order valence-corrected chi connectivity index (χ3v) is 3.18. The number of hydrogen-bond acceptors (Lipinski definition) is 4. The third kappa shape index (κ3) is 2.02. The Labute approximate surface area is 87.6 Å². The van der Waals surface area contributed by atoms with Crippen LogP contribution in [0.4, 0.5) is 0 Å². The standard InChI is InChI=1S/C8H12ClN3S/c1-11-4-2-3-7(5-11)8-6-13-10-12(8)9/h3,6,10H,2,4-5H2,1H3. The van der Waals surface area contributed by atoms with Gasteiger partial charge in [0.25, 0.3) is 0 Å². The van der Waals surface area contributed by atoms with Crippen LogP contribution in [-0.2, 0) is 0 Å². The molecule has 0 atom stereocenters. The van der Waals surface area contributed by atoms with Crippen molar-refractivity contribution in [3.05, 3.63) is 22.8 Å². The first-order chi connectivity index (χ1) is 6.27. The Balaban J connectivity index is 2.12. The van der Waals surface area contributed by atoms with Crippen LogP contribution in [0.15, 0.2) is 22.8 Å². The highest BCUT2D eigenvalue weighted by atomic mass is 35.5. The average Bonchev–Trinajstić information content (AvgIpc) is 2.51. The minimum Gasteiger partial charge on any atom is -0.302 e. The summed E-state index contributed by atoms with van der Waals surface area (Å²) in [6.07, 6.45) is 3.37. The number of hydrazine groups is 1. The Morgan fingerprint density at radius 1 is 1.62 bits per heavy atom. The first-order valence-electron chi connectivity index (χ1n) is 4.22. The maximum absolute atomic E-state index is 5.93. The van der Waals surface area contributed by atoms with Gasteiger partial charge in [0, 0.05) is 30.3 Å². The second kappa shape index (κ2) is 3.92. The summed E-state index contributed by atoms with van der Waals surface area (Å²) in [6.45, 7) is 2.12. The molecule has 0 fully saturated rings. The Hall–Kier alpha value is -0.160. The van der Waals surface area contributed by atoms with E-state index in [1.807, 2.05) is 5.41 Å². The van der Waals surface area contributed by atoms with Gasteiger partial charge >= 0.3 is 0 Å². The molecule has 3 nitrogen and oxygen atoms in total. The van der Waals surface area contributed by atoms with Crippen molar-refractivity contribution >= 4 is 23.7 Å². The Bertz CT molecular complexity index is 264. The molecule has 0 aliphatic carbocycles. The molecule has 1 N–H and O–H groups in total. The van der Waals surface area contributed by atoms with Gasteiger partial charge < -0.3 is 4.90 Å². The van der Waals surface area contributed by atoms with Gasteiger partial charge in [0.05, 0.1) is 5.70 Å². The number of nitrogens with zero attached hydrogens (tertiary/aromatic N) is 2. The number of likely N-dealkylation sites (N-methyl/N-ethyl adjacent to an activating group) is 1. The Morgan fingerprint density at radius 2 is 2.46 bits per heavy atom. The van der Waals surface area contributed by atoms with Crippen LogP contribution in [0.3, 0.4) is 0 Å². The van der Waals surface area contributed by atoms with Crippen molar-refractivity contribution in [2.75, 3.05) is 20.1 Å². The molecule has 2 aliphatic heterocycles. The largest absolute Gasteiger partial charge is 0.302 e. The zero-order valence-electron chi connectivity index (χ0n) is 7.46. The molecule has 2 rings (SSSR count). The van der Waals surface area contributed by atoms with Gasteiger partial charge in [0.2, 0.25) is 0 Å². The van der Waals surface area contributed by atoms with Gasteiger partial charge in [0.1, 0.15) is 0 Å². The highest BCUT2D eigenvalue weighted by Gasteiger charge is 2.20. The van der Waals surface area contributed by atoms with E-state index in [1.165, 1.54) is 17.5 Å². The Kier molecular flexibility index (Phi) is 2.83. The van der Waals surface area contributed by atoms with E-state index < -0.39 is 0 Å². The predicted octanol–water partition coefficient (Wildman–Crippen LogP) is 1.71. The maximum Gasteiger partial charge on any atom is 0.0834 e. The number of nitrogens with one attached hydrogen (secondary N) is 1. The molecular weight excluding hydrogens is 206 g/mol. The molecule has 0 bridgehead atoms. The normalized spacial score (nSPS) is 24.6. The lowest BCUT2D eigenvalue weighted by atomic mass is 10.1. The van der Waals surface area contributed by atoms with Gasteiger partial charge in [-0.15, -0.1) is 0 Å². The molecule has 0 radical (unpaired) electrons. The van der Waals surface area contributed by atoms with Crippen LogP contribution in [0.25, 0.3) is 0 Å². The van der Waals surface area contributed by atoms with Crippen molar-refractivity contribution in [1.82, 2.24) is 14.3 Å². The summed E-state index contributed by atoms with van der Waals surface area (Å²) in [5, 5.41) is 2.04. The molecule has 0 saturated carbocycles. The molecule has 0 aromatic rings. The van der Waals surface area contributed by atoms with Crippen molar-refractivity contribution in [1.29, 1.82) is 0 Å².